The van der Waals surface area contributed by atoms with Crippen molar-refractivity contribution in [3.63, 3.8) is 0 Å². The van der Waals surface area contributed by atoms with Gasteiger partial charge in [-0.1, -0.05) is 11.6 Å². The van der Waals surface area contributed by atoms with Crippen molar-refractivity contribution in [2.24, 2.45) is 5.92 Å². The number of nitrogens with zero attached hydrogens (tertiary/aromatic N) is 2. The van der Waals surface area contributed by atoms with E-state index >= 15 is 0 Å². The van der Waals surface area contributed by atoms with Crippen molar-refractivity contribution in [2.75, 3.05) is 33.9 Å². The molecule has 6 nitrogen and oxygen atoms in total. The van der Waals surface area contributed by atoms with Gasteiger partial charge in [0, 0.05) is 38.2 Å². The van der Waals surface area contributed by atoms with E-state index in [9.17, 15) is 9.59 Å². The van der Waals surface area contributed by atoms with Crippen molar-refractivity contribution in [1.29, 1.82) is 0 Å². The molecule has 2 amide bonds. The number of rotatable bonds is 7. The molecule has 0 unspecified atom stereocenters. The molecule has 1 saturated heterocycles. The van der Waals surface area contributed by atoms with E-state index in [0.717, 1.165) is 5.56 Å². The summed E-state index contributed by atoms with van der Waals surface area (Å²) in [5, 5.41) is 0.430. The normalized spacial score (nSPS) is 15.1. The van der Waals surface area contributed by atoms with Crippen molar-refractivity contribution in [3.05, 3.63) is 28.8 Å². The highest BCUT2D eigenvalue weighted by Crippen LogP contribution is 2.36. The molecule has 1 aromatic rings. The maximum atomic E-state index is 12.6. The summed E-state index contributed by atoms with van der Waals surface area (Å²) in [4.78, 5) is 28.6. The highest BCUT2D eigenvalue weighted by atomic mass is 35.5. The van der Waals surface area contributed by atoms with Crippen molar-refractivity contribution in [3.8, 4) is 11.5 Å². The van der Waals surface area contributed by atoms with Crippen LogP contribution in [0.25, 0.3) is 6.08 Å². The van der Waals surface area contributed by atoms with Crippen molar-refractivity contribution in [2.45, 2.75) is 39.7 Å². The lowest BCUT2D eigenvalue weighted by molar-refractivity contribution is -0.139. The fourth-order valence-corrected chi connectivity index (χ4v) is 3.60. The van der Waals surface area contributed by atoms with E-state index in [0.29, 0.717) is 49.1 Å². The van der Waals surface area contributed by atoms with Crippen LogP contribution in [0.4, 0.5) is 0 Å². The maximum Gasteiger partial charge on any atom is 0.246 e. The topological polar surface area (TPSA) is 59.1 Å². The van der Waals surface area contributed by atoms with Gasteiger partial charge in [0.15, 0.2) is 11.5 Å². The molecular weight excluding hydrogens is 392 g/mol. The summed E-state index contributed by atoms with van der Waals surface area (Å²) in [7, 11) is 3.37. The van der Waals surface area contributed by atoms with Crippen LogP contribution in [0, 0.1) is 5.92 Å². The highest BCUT2D eigenvalue weighted by Gasteiger charge is 2.29. The van der Waals surface area contributed by atoms with Gasteiger partial charge in [-0.05, 0) is 57.4 Å². The van der Waals surface area contributed by atoms with Gasteiger partial charge < -0.3 is 19.3 Å². The molecule has 160 valence electrons. The first-order valence-corrected chi connectivity index (χ1v) is 10.4. The number of methoxy groups -OCH3 is 1. The number of piperidine rings is 1. The molecule has 1 aliphatic heterocycles. The van der Waals surface area contributed by atoms with Crippen LogP contribution in [0.15, 0.2) is 18.2 Å². The monoisotopic (exact) mass is 422 g/mol. The summed E-state index contributed by atoms with van der Waals surface area (Å²) >= 11 is 6.26. The molecule has 29 heavy (non-hydrogen) atoms. The molecule has 0 saturated carbocycles. The number of halogens is 1. The quantitative estimate of drug-likeness (QED) is 0.626. The molecule has 1 aliphatic rings. The molecule has 0 N–H and O–H groups in total. The third-order valence-corrected chi connectivity index (χ3v) is 5.51. The number of carbonyl (C=O) groups is 2. The van der Waals surface area contributed by atoms with Crippen molar-refractivity contribution in [1.82, 2.24) is 9.80 Å². The molecule has 0 aliphatic carbocycles. The van der Waals surface area contributed by atoms with E-state index in [1.54, 1.807) is 28.0 Å². The number of hydrogen-bond donors (Lipinski definition) is 0. The fourth-order valence-electron chi connectivity index (χ4n) is 3.31. The Balaban J connectivity index is 1.99. The second kappa shape index (κ2) is 10.5. The van der Waals surface area contributed by atoms with Crippen LogP contribution in [-0.2, 0) is 9.59 Å². The molecule has 0 radical (unpaired) electrons. The van der Waals surface area contributed by atoms with Crippen molar-refractivity contribution < 1.29 is 19.1 Å². The van der Waals surface area contributed by atoms with Crippen LogP contribution in [-0.4, -0.2) is 61.5 Å². The first-order chi connectivity index (χ1) is 13.8. The Kier molecular flexibility index (Phi) is 8.38. The Hall–Kier alpha value is -2.21. The van der Waals surface area contributed by atoms with Gasteiger partial charge in [-0.3, -0.25) is 9.59 Å². The summed E-state index contributed by atoms with van der Waals surface area (Å²) in [6, 6.07) is 3.72. The summed E-state index contributed by atoms with van der Waals surface area (Å²) in [5.74, 6) is 1.11. The summed E-state index contributed by atoms with van der Waals surface area (Å²) in [6.07, 6.45) is 4.65. The van der Waals surface area contributed by atoms with Gasteiger partial charge in [0.1, 0.15) is 0 Å². The van der Waals surface area contributed by atoms with Gasteiger partial charge in [-0.25, -0.2) is 0 Å². The largest absolute Gasteiger partial charge is 0.491 e. The first kappa shape index (κ1) is 23.1. The number of hydrogen-bond acceptors (Lipinski definition) is 4. The number of amides is 2. The minimum absolute atomic E-state index is 0.00965. The Labute approximate surface area is 178 Å². The van der Waals surface area contributed by atoms with Crippen LogP contribution in [0.1, 0.15) is 39.2 Å². The van der Waals surface area contributed by atoms with E-state index in [-0.39, 0.29) is 23.8 Å². The molecule has 1 aromatic carbocycles. The van der Waals surface area contributed by atoms with Crippen LogP contribution < -0.4 is 9.47 Å². The molecule has 0 bridgehead atoms. The predicted octanol–water partition coefficient (Wildman–Crippen LogP) is 3.87. The molecule has 1 heterocycles. The Morgan fingerprint density at radius 2 is 1.97 bits per heavy atom. The predicted molar refractivity (Wildman–Crippen MR) is 115 cm³/mol. The van der Waals surface area contributed by atoms with Gasteiger partial charge in [-0.2, -0.15) is 0 Å². The van der Waals surface area contributed by atoms with Crippen LogP contribution in [0.3, 0.4) is 0 Å². The lowest BCUT2D eigenvalue weighted by atomic mass is 9.95. The van der Waals surface area contributed by atoms with Crippen LogP contribution in [0.2, 0.25) is 5.02 Å². The SMILES string of the molecule is CCOc1cc(/C=C/C(=O)N2CCC(C(=O)N(C)C(C)C)CC2)cc(Cl)c1OC. The lowest BCUT2D eigenvalue weighted by Crippen LogP contribution is -2.44. The smallest absolute Gasteiger partial charge is 0.246 e. The number of carbonyl (C=O) groups excluding carboxylic acids is 2. The van der Waals surface area contributed by atoms with E-state index in [4.69, 9.17) is 21.1 Å². The third-order valence-electron chi connectivity index (χ3n) is 5.23. The minimum Gasteiger partial charge on any atom is -0.491 e. The van der Waals surface area contributed by atoms with Gasteiger partial charge in [0.2, 0.25) is 11.8 Å². The van der Waals surface area contributed by atoms with Crippen LogP contribution in [0.5, 0.6) is 11.5 Å². The molecule has 0 atom stereocenters. The first-order valence-electron chi connectivity index (χ1n) is 10.0. The van der Waals surface area contributed by atoms with Gasteiger partial charge in [0.05, 0.1) is 18.7 Å². The zero-order chi connectivity index (χ0) is 21.6. The average Bonchev–Trinajstić information content (AvgIpc) is 2.71. The van der Waals surface area contributed by atoms with E-state index in [2.05, 4.69) is 0 Å². The Bertz CT molecular complexity index is 755. The van der Waals surface area contributed by atoms with E-state index in [1.165, 1.54) is 13.2 Å². The highest BCUT2D eigenvalue weighted by molar-refractivity contribution is 6.32. The average molecular weight is 423 g/mol. The molecule has 7 heteroatoms. The third kappa shape index (κ3) is 5.89. The molecule has 1 fully saturated rings. The van der Waals surface area contributed by atoms with Gasteiger partial charge in [-0.15, -0.1) is 0 Å². The Morgan fingerprint density at radius 1 is 1.31 bits per heavy atom. The summed E-state index contributed by atoms with van der Waals surface area (Å²) < 4.78 is 10.8. The second-order valence-electron chi connectivity index (χ2n) is 7.44. The van der Waals surface area contributed by atoms with E-state index < -0.39 is 0 Å². The lowest BCUT2D eigenvalue weighted by Gasteiger charge is -2.33. The molecule has 0 spiro atoms. The van der Waals surface area contributed by atoms with Crippen LogP contribution >= 0.6 is 11.6 Å². The zero-order valence-electron chi connectivity index (χ0n) is 17.9. The minimum atomic E-state index is -0.0713. The second-order valence-corrected chi connectivity index (χ2v) is 7.85. The zero-order valence-corrected chi connectivity index (χ0v) is 18.7. The number of likely N-dealkylation sites (tertiary alicyclic amines) is 1. The standard InChI is InChI=1S/C22H31ClN2O4/c1-6-29-19-14-16(13-18(23)21(19)28-5)7-8-20(26)25-11-9-17(10-12-25)22(27)24(4)15(2)3/h7-8,13-15,17H,6,9-12H2,1-5H3/b8-7+. The maximum absolute atomic E-state index is 12.6. The summed E-state index contributed by atoms with van der Waals surface area (Å²) in [5.41, 5.74) is 0.760. The molecular formula is C22H31ClN2O4. The van der Waals surface area contributed by atoms with Gasteiger partial charge >= 0.3 is 0 Å². The fraction of sp³-hybridized carbons (Fsp3) is 0.545. The summed E-state index contributed by atoms with van der Waals surface area (Å²) in [6.45, 7) is 7.54. The Morgan fingerprint density at radius 3 is 2.52 bits per heavy atom. The molecule has 0 aromatic heterocycles. The van der Waals surface area contributed by atoms with Crippen molar-refractivity contribution >= 4 is 29.5 Å². The number of ether oxygens (including phenoxy) is 2. The number of benzene rings is 1. The molecule has 2 rings (SSSR count). The van der Waals surface area contributed by atoms with E-state index in [1.807, 2.05) is 27.8 Å². The van der Waals surface area contributed by atoms with Gasteiger partial charge in [0.25, 0.3) is 0 Å².